The molecular weight excluding hydrogens is 236 g/mol. The number of carbonyl (C=O) groups is 1. The van der Waals surface area contributed by atoms with E-state index < -0.39 is 0 Å². The molecule has 19 heavy (non-hydrogen) atoms. The minimum Gasteiger partial charge on any atom is -0.359 e. The number of para-hydroxylation sites is 1. The lowest BCUT2D eigenvalue weighted by atomic mass is 9.94. The molecule has 0 aliphatic carbocycles. The highest BCUT2D eigenvalue weighted by Crippen LogP contribution is 2.32. The fourth-order valence-electron chi connectivity index (χ4n) is 2.90. The first kappa shape index (κ1) is 13.9. The predicted molar refractivity (Wildman–Crippen MR) is 79.7 cm³/mol. The first-order chi connectivity index (χ1) is 8.80. The average Bonchev–Trinajstić information content (AvgIpc) is 2.25. The van der Waals surface area contributed by atoms with Gasteiger partial charge in [0.05, 0.1) is 12.1 Å². The van der Waals surface area contributed by atoms with Crippen molar-refractivity contribution in [3.8, 4) is 0 Å². The molecule has 1 aromatic rings. The minimum atomic E-state index is -0.175. The van der Waals surface area contributed by atoms with Gasteiger partial charge in [0.1, 0.15) is 0 Å². The second-order valence-electron chi connectivity index (χ2n) is 6.46. The van der Waals surface area contributed by atoms with E-state index in [9.17, 15) is 4.79 Å². The van der Waals surface area contributed by atoms with Crippen molar-refractivity contribution in [1.29, 1.82) is 0 Å². The number of aryl methyl sites for hydroxylation is 1. The lowest BCUT2D eigenvalue weighted by Crippen LogP contribution is -2.60. The van der Waals surface area contributed by atoms with Crippen molar-refractivity contribution in [2.45, 2.75) is 46.1 Å². The van der Waals surface area contributed by atoms with Crippen molar-refractivity contribution in [1.82, 2.24) is 5.32 Å². The van der Waals surface area contributed by atoms with Crippen LogP contribution >= 0.6 is 0 Å². The van der Waals surface area contributed by atoms with Gasteiger partial charge in [-0.05, 0) is 37.8 Å². The molecule has 3 nitrogen and oxygen atoms in total. The van der Waals surface area contributed by atoms with Gasteiger partial charge in [-0.1, -0.05) is 32.0 Å². The Balaban J connectivity index is 2.43. The normalized spacial score (nSPS) is 18.6. The summed E-state index contributed by atoms with van der Waals surface area (Å²) in [5.41, 5.74) is 3.63. The van der Waals surface area contributed by atoms with Crippen LogP contribution in [0.4, 0.5) is 5.69 Å². The largest absolute Gasteiger partial charge is 0.359 e. The van der Waals surface area contributed by atoms with Gasteiger partial charge in [0.15, 0.2) is 0 Å². The summed E-state index contributed by atoms with van der Waals surface area (Å²) in [4.78, 5) is 14.1. The quantitative estimate of drug-likeness (QED) is 0.887. The van der Waals surface area contributed by atoms with E-state index in [0.29, 0.717) is 12.5 Å². The van der Waals surface area contributed by atoms with Gasteiger partial charge >= 0.3 is 0 Å². The zero-order chi connectivity index (χ0) is 14.2. The second-order valence-corrected chi connectivity index (χ2v) is 6.46. The van der Waals surface area contributed by atoms with Crippen molar-refractivity contribution in [3.63, 3.8) is 0 Å². The van der Waals surface area contributed by atoms with Gasteiger partial charge in [0.2, 0.25) is 5.91 Å². The Morgan fingerprint density at radius 3 is 2.58 bits per heavy atom. The van der Waals surface area contributed by atoms with E-state index in [2.05, 4.69) is 63.0 Å². The standard InChI is InChI=1S/C16H24N2O/c1-11(2)13-8-6-7-12(3)15(13)18-9-14(19)17-16(4,5)10-18/h6-8,11H,9-10H2,1-5H3,(H,17,19). The van der Waals surface area contributed by atoms with Crippen LogP contribution in [0.5, 0.6) is 0 Å². The zero-order valence-corrected chi connectivity index (χ0v) is 12.6. The van der Waals surface area contributed by atoms with Crippen molar-refractivity contribution in [2.24, 2.45) is 0 Å². The topological polar surface area (TPSA) is 32.3 Å². The molecule has 1 amide bonds. The number of carbonyl (C=O) groups excluding carboxylic acids is 1. The van der Waals surface area contributed by atoms with Gasteiger partial charge in [-0.2, -0.15) is 0 Å². The summed E-state index contributed by atoms with van der Waals surface area (Å²) in [7, 11) is 0. The van der Waals surface area contributed by atoms with E-state index >= 15 is 0 Å². The van der Waals surface area contributed by atoms with Crippen LogP contribution in [-0.4, -0.2) is 24.5 Å². The van der Waals surface area contributed by atoms with Crippen molar-refractivity contribution < 1.29 is 4.79 Å². The molecule has 0 aromatic heterocycles. The number of piperazine rings is 1. The van der Waals surface area contributed by atoms with Crippen LogP contribution in [0, 0.1) is 6.92 Å². The molecule has 0 saturated carbocycles. The van der Waals surface area contributed by atoms with Gasteiger partial charge in [0, 0.05) is 12.2 Å². The van der Waals surface area contributed by atoms with Crippen LogP contribution in [-0.2, 0) is 4.79 Å². The van der Waals surface area contributed by atoms with E-state index in [1.807, 2.05) is 0 Å². The summed E-state index contributed by atoms with van der Waals surface area (Å²) in [6, 6.07) is 6.40. The molecule has 2 rings (SSSR count). The molecule has 1 heterocycles. The number of amides is 1. The third kappa shape index (κ3) is 2.91. The first-order valence-electron chi connectivity index (χ1n) is 6.95. The Hall–Kier alpha value is -1.51. The van der Waals surface area contributed by atoms with Crippen LogP contribution in [0.3, 0.4) is 0 Å². The van der Waals surface area contributed by atoms with Gasteiger partial charge in [-0.3, -0.25) is 4.79 Å². The summed E-state index contributed by atoms with van der Waals surface area (Å²) in [6.07, 6.45) is 0. The highest BCUT2D eigenvalue weighted by Gasteiger charge is 2.32. The highest BCUT2D eigenvalue weighted by atomic mass is 16.2. The summed E-state index contributed by atoms with van der Waals surface area (Å²) in [5, 5.41) is 3.04. The van der Waals surface area contributed by atoms with Gasteiger partial charge in [-0.15, -0.1) is 0 Å². The monoisotopic (exact) mass is 260 g/mol. The SMILES string of the molecule is Cc1cccc(C(C)C)c1N1CC(=O)NC(C)(C)C1. The maximum Gasteiger partial charge on any atom is 0.239 e. The summed E-state index contributed by atoms with van der Waals surface area (Å²) >= 11 is 0. The van der Waals surface area contributed by atoms with E-state index in [1.54, 1.807) is 0 Å². The Bertz CT molecular complexity index is 492. The molecular formula is C16H24N2O. The predicted octanol–water partition coefficient (Wildman–Crippen LogP) is 2.83. The smallest absolute Gasteiger partial charge is 0.239 e. The molecule has 1 aliphatic heterocycles. The fourth-order valence-corrected chi connectivity index (χ4v) is 2.90. The molecule has 0 spiro atoms. The molecule has 1 N–H and O–H groups in total. The highest BCUT2D eigenvalue weighted by molar-refractivity contribution is 5.84. The number of rotatable bonds is 2. The average molecular weight is 260 g/mol. The van der Waals surface area contributed by atoms with Crippen LogP contribution in [0.25, 0.3) is 0 Å². The molecule has 0 radical (unpaired) electrons. The van der Waals surface area contributed by atoms with E-state index in [1.165, 1.54) is 16.8 Å². The Morgan fingerprint density at radius 2 is 2.00 bits per heavy atom. The van der Waals surface area contributed by atoms with E-state index in [4.69, 9.17) is 0 Å². The number of hydrogen-bond donors (Lipinski definition) is 1. The van der Waals surface area contributed by atoms with Crippen LogP contribution in [0.2, 0.25) is 0 Å². The Morgan fingerprint density at radius 1 is 1.32 bits per heavy atom. The number of anilines is 1. The molecule has 104 valence electrons. The summed E-state index contributed by atoms with van der Waals surface area (Å²) in [5.74, 6) is 0.567. The van der Waals surface area contributed by atoms with Gasteiger partial charge < -0.3 is 10.2 Å². The second kappa shape index (κ2) is 4.87. The molecule has 1 saturated heterocycles. The van der Waals surface area contributed by atoms with Gasteiger partial charge in [-0.25, -0.2) is 0 Å². The van der Waals surface area contributed by atoms with Crippen molar-refractivity contribution in [3.05, 3.63) is 29.3 Å². The van der Waals surface area contributed by atoms with Crippen LogP contribution in [0.15, 0.2) is 18.2 Å². The molecule has 1 aliphatic rings. The number of nitrogens with zero attached hydrogens (tertiary/aromatic N) is 1. The number of hydrogen-bond acceptors (Lipinski definition) is 2. The van der Waals surface area contributed by atoms with Crippen LogP contribution in [0.1, 0.15) is 44.7 Å². The zero-order valence-electron chi connectivity index (χ0n) is 12.6. The molecule has 1 fully saturated rings. The lowest BCUT2D eigenvalue weighted by molar-refractivity contribution is -0.122. The maximum atomic E-state index is 11.9. The summed E-state index contributed by atoms with van der Waals surface area (Å²) in [6.45, 7) is 12.0. The number of benzene rings is 1. The Kier molecular flexibility index (Phi) is 3.57. The Labute approximate surface area is 116 Å². The molecule has 3 heteroatoms. The first-order valence-corrected chi connectivity index (χ1v) is 6.95. The summed E-state index contributed by atoms with van der Waals surface area (Å²) < 4.78 is 0. The van der Waals surface area contributed by atoms with E-state index in [0.717, 1.165) is 6.54 Å². The van der Waals surface area contributed by atoms with Crippen molar-refractivity contribution >= 4 is 11.6 Å². The molecule has 0 bridgehead atoms. The third-order valence-corrected chi connectivity index (χ3v) is 3.61. The fraction of sp³-hybridized carbons (Fsp3) is 0.562. The van der Waals surface area contributed by atoms with Gasteiger partial charge in [0.25, 0.3) is 0 Å². The van der Waals surface area contributed by atoms with E-state index in [-0.39, 0.29) is 11.4 Å². The molecule has 0 atom stereocenters. The third-order valence-electron chi connectivity index (χ3n) is 3.61. The molecule has 0 unspecified atom stereocenters. The van der Waals surface area contributed by atoms with Crippen LogP contribution < -0.4 is 10.2 Å². The van der Waals surface area contributed by atoms with Crippen molar-refractivity contribution in [2.75, 3.05) is 18.0 Å². The lowest BCUT2D eigenvalue weighted by Gasteiger charge is -2.41. The molecule has 1 aromatic carbocycles. The number of nitrogens with one attached hydrogen (secondary N) is 1. The maximum absolute atomic E-state index is 11.9. The minimum absolute atomic E-state index is 0.106.